The molecule has 0 N–H and O–H groups in total. The Morgan fingerprint density at radius 1 is 1.06 bits per heavy atom. The molecule has 4 rings (SSSR count). The SMILES string of the molecule is CC(OC(=O)N1CCC2(CCCN2Cc2cccc(N3CCC(F)(F)CC3)c2Cl)CC1)C(F)(F)F. The lowest BCUT2D eigenvalue weighted by Crippen LogP contribution is -2.53. The number of alkyl halides is 5. The minimum absolute atomic E-state index is 0.154. The van der Waals surface area contributed by atoms with Crippen LogP contribution in [0.2, 0.25) is 5.02 Å². The van der Waals surface area contributed by atoms with Gasteiger partial charge in [0.1, 0.15) is 0 Å². The summed E-state index contributed by atoms with van der Waals surface area (Å²) >= 11 is 6.75. The number of likely N-dealkylation sites (tertiary alicyclic amines) is 2. The molecule has 1 atom stereocenters. The summed E-state index contributed by atoms with van der Waals surface area (Å²) in [6.07, 6.45) is -4.85. The fourth-order valence-corrected chi connectivity index (χ4v) is 5.72. The molecule has 3 aliphatic rings. The number of amides is 1. The molecule has 1 aromatic carbocycles. The smallest absolute Gasteiger partial charge is 0.425 e. The Kier molecular flexibility index (Phi) is 7.44. The second-order valence-electron chi connectivity index (χ2n) is 9.90. The second-order valence-corrected chi connectivity index (χ2v) is 10.3. The normalized spacial score (nSPS) is 23.5. The average Bonchev–Trinajstić information content (AvgIpc) is 3.16. The highest BCUT2D eigenvalue weighted by molar-refractivity contribution is 6.34. The summed E-state index contributed by atoms with van der Waals surface area (Å²) in [6.45, 7) is 3.43. The van der Waals surface area contributed by atoms with E-state index in [2.05, 4.69) is 9.64 Å². The summed E-state index contributed by atoms with van der Waals surface area (Å²) < 4.78 is 70.0. The maximum absolute atomic E-state index is 13.6. The molecule has 0 aliphatic carbocycles. The van der Waals surface area contributed by atoms with Gasteiger partial charge in [-0.15, -0.1) is 0 Å². The van der Waals surface area contributed by atoms with Crippen molar-refractivity contribution in [3.05, 3.63) is 28.8 Å². The van der Waals surface area contributed by atoms with Crippen LogP contribution < -0.4 is 4.90 Å². The molecule has 5 nitrogen and oxygen atoms in total. The second kappa shape index (κ2) is 9.92. The lowest BCUT2D eigenvalue weighted by atomic mass is 9.85. The number of hydrogen-bond donors (Lipinski definition) is 0. The van der Waals surface area contributed by atoms with Crippen LogP contribution in [0.5, 0.6) is 0 Å². The lowest BCUT2D eigenvalue weighted by Gasteiger charge is -2.45. The molecule has 35 heavy (non-hydrogen) atoms. The third-order valence-electron chi connectivity index (χ3n) is 7.69. The largest absolute Gasteiger partial charge is 0.437 e. The first-order chi connectivity index (χ1) is 16.4. The zero-order valence-electron chi connectivity index (χ0n) is 19.7. The fraction of sp³-hybridized carbons (Fsp3) is 0.708. The molecule has 0 aromatic heterocycles. The Morgan fingerprint density at radius 2 is 1.71 bits per heavy atom. The minimum atomic E-state index is -4.59. The van der Waals surface area contributed by atoms with E-state index in [1.54, 1.807) is 0 Å². The van der Waals surface area contributed by atoms with Crippen LogP contribution in [-0.4, -0.2) is 72.4 Å². The van der Waals surface area contributed by atoms with Gasteiger partial charge in [-0.3, -0.25) is 4.90 Å². The number of ether oxygens (including phenoxy) is 1. The van der Waals surface area contributed by atoms with Gasteiger partial charge in [-0.05, 0) is 50.8 Å². The zero-order valence-corrected chi connectivity index (χ0v) is 20.5. The number of hydrogen-bond acceptors (Lipinski definition) is 4. The van der Waals surface area contributed by atoms with Gasteiger partial charge < -0.3 is 14.5 Å². The highest BCUT2D eigenvalue weighted by Gasteiger charge is 2.45. The van der Waals surface area contributed by atoms with Crippen LogP contribution >= 0.6 is 11.6 Å². The fourth-order valence-electron chi connectivity index (χ4n) is 5.42. The van der Waals surface area contributed by atoms with Gasteiger partial charge in [0.05, 0.1) is 10.7 Å². The summed E-state index contributed by atoms with van der Waals surface area (Å²) in [5.74, 6) is -2.63. The van der Waals surface area contributed by atoms with Gasteiger partial charge in [-0.25, -0.2) is 13.6 Å². The number of nitrogens with zero attached hydrogens (tertiary/aromatic N) is 3. The van der Waals surface area contributed by atoms with Crippen molar-refractivity contribution in [3.63, 3.8) is 0 Å². The van der Waals surface area contributed by atoms with Crippen LogP contribution in [0.1, 0.15) is 51.0 Å². The third-order valence-corrected chi connectivity index (χ3v) is 8.12. The van der Waals surface area contributed by atoms with Gasteiger partial charge in [0, 0.05) is 51.1 Å². The first kappa shape index (κ1) is 26.3. The Balaban J connectivity index is 1.39. The first-order valence-electron chi connectivity index (χ1n) is 12.1. The molecule has 0 radical (unpaired) electrons. The number of anilines is 1. The molecule has 0 bridgehead atoms. The van der Waals surface area contributed by atoms with E-state index >= 15 is 0 Å². The first-order valence-corrected chi connectivity index (χ1v) is 12.5. The highest BCUT2D eigenvalue weighted by Crippen LogP contribution is 2.42. The maximum atomic E-state index is 13.6. The number of halogens is 6. The van der Waals surface area contributed by atoms with E-state index in [1.807, 2.05) is 23.1 Å². The number of carbonyl (C=O) groups is 1. The molecule has 1 spiro atoms. The summed E-state index contributed by atoms with van der Waals surface area (Å²) in [6, 6.07) is 5.70. The van der Waals surface area contributed by atoms with Gasteiger partial charge in [-0.1, -0.05) is 23.7 Å². The van der Waals surface area contributed by atoms with Crippen LogP contribution in [0, 0.1) is 0 Å². The van der Waals surface area contributed by atoms with Gasteiger partial charge in [0.25, 0.3) is 5.92 Å². The Morgan fingerprint density at radius 3 is 2.34 bits per heavy atom. The van der Waals surface area contributed by atoms with E-state index in [-0.39, 0.29) is 31.5 Å². The van der Waals surface area contributed by atoms with Crippen molar-refractivity contribution in [1.29, 1.82) is 0 Å². The zero-order chi connectivity index (χ0) is 25.4. The number of rotatable bonds is 4. The van der Waals surface area contributed by atoms with E-state index in [4.69, 9.17) is 11.6 Å². The molecule has 1 aromatic rings. The Hall–Kier alpha value is -1.81. The molecular formula is C24H31ClF5N3O2. The summed E-state index contributed by atoms with van der Waals surface area (Å²) in [5.41, 5.74) is 1.53. The van der Waals surface area contributed by atoms with Crippen LogP contribution in [-0.2, 0) is 11.3 Å². The van der Waals surface area contributed by atoms with Gasteiger partial charge in [0.15, 0.2) is 6.10 Å². The van der Waals surface area contributed by atoms with Crippen molar-refractivity contribution in [2.75, 3.05) is 37.6 Å². The predicted octanol–water partition coefficient (Wildman–Crippen LogP) is 6.09. The molecule has 3 saturated heterocycles. The van der Waals surface area contributed by atoms with Crippen molar-refractivity contribution >= 4 is 23.4 Å². The van der Waals surface area contributed by atoms with Gasteiger partial charge in [-0.2, -0.15) is 13.2 Å². The van der Waals surface area contributed by atoms with Crippen LogP contribution in [0.25, 0.3) is 0 Å². The number of carbonyl (C=O) groups excluding carboxylic acids is 1. The number of benzene rings is 1. The summed E-state index contributed by atoms with van der Waals surface area (Å²) in [4.78, 5) is 17.8. The van der Waals surface area contributed by atoms with Crippen molar-refractivity contribution in [2.45, 2.75) is 75.7 Å². The van der Waals surface area contributed by atoms with Crippen molar-refractivity contribution in [3.8, 4) is 0 Å². The van der Waals surface area contributed by atoms with Crippen LogP contribution in [0.3, 0.4) is 0 Å². The number of piperidine rings is 2. The van der Waals surface area contributed by atoms with Crippen molar-refractivity contribution < 1.29 is 31.5 Å². The highest BCUT2D eigenvalue weighted by atomic mass is 35.5. The molecule has 11 heteroatoms. The lowest BCUT2D eigenvalue weighted by molar-refractivity contribution is -0.200. The summed E-state index contributed by atoms with van der Waals surface area (Å²) in [7, 11) is 0. The molecule has 196 valence electrons. The molecule has 3 fully saturated rings. The molecule has 1 amide bonds. The molecule has 3 aliphatic heterocycles. The van der Waals surface area contributed by atoms with Crippen molar-refractivity contribution in [2.24, 2.45) is 0 Å². The van der Waals surface area contributed by atoms with E-state index in [1.165, 1.54) is 4.90 Å². The van der Waals surface area contributed by atoms with Crippen LogP contribution in [0.15, 0.2) is 18.2 Å². The topological polar surface area (TPSA) is 36.0 Å². The average molecular weight is 524 g/mol. The monoisotopic (exact) mass is 523 g/mol. The van der Waals surface area contributed by atoms with E-state index in [9.17, 15) is 26.7 Å². The van der Waals surface area contributed by atoms with E-state index in [0.717, 1.165) is 37.6 Å². The molecular weight excluding hydrogens is 493 g/mol. The van der Waals surface area contributed by atoms with Crippen molar-refractivity contribution in [1.82, 2.24) is 9.80 Å². The van der Waals surface area contributed by atoms with Gasteiger partial charge >= 0.3 is 12.3 Å². The molecule has 1 unspecified atom stereocenters. The van der Waals surface area contributed by atoms with E-state index in [0.29, 0.717) is 37.5 Å². The van der Waals surface area contributed by atoms with Crippen LogP contribution in [0.4, 0.5) is 32.4 Å². The standard InChI is InChI=1S/C24H31ClF5N3O2/c1-17(24(28,29)30)35-21(34)32-12-7-22(8-13-32)6-3-11-33(22)16-18-4-2-5-19(20(18)25)31-14-9-23(26,27)10-15-31/h2,4-5,17H,3,6-16H2,1H3. The third kappa shape index (κ3) is 5.79. The minimum Gasteiger partial charge on any atom is -0.437 e. The Labute approximate surface area is 207 Å². The molecule has 0 saturated carbocycles. The Bertz CT molecular complexity index is 911. The van der Waals surface area contributed by atoms with Gasteiger partial charge in [0.2, 0.25) is 0 Å². The summed E-state index contributed by atoms with van der Waals surface area (Å²) in [5, 5.41) is 0.571. The van der Waals surface area contributed by atoms with E-state index < -0.39 is 24.3 Å². The quantitative estimate of drug-likeness (QED) is 0.447. The predicted molar refractivity (Wildman–Crippen MR) is 123 cm³/mol. The molecule has 3 heterocycles. The maximum Gasteiger partial charge on any atom is 0.425 e.